The molecule has 0 aliphatic carbocycles. The highest BCUT2D eigenvalue weighted by molar-refractivity contribution is 6.03. The van der Waals surface area contributed by atoms with Crippen LogP contribution in [0.4, 0.5) is 4.39 Å². The Labute approximate surface area is 138 Å². The Bertz CT molecular complexity index is 742. The fourth-order valence-corrected chi connectivity index (χ4v) is 2.79. The lowest BCUT2D eigenvalue weighted by Crippen LogP contribution is -2.31. The Morgan fingerprint density at radius 2 is 2.04 bits per heavy atom. The zero-order valence-electron chi connectivity index (χ0n) is 13.4. The second kappa shape index (κ2) is 6.90. The maximum absolute atomic E-state index is 12.9. The first-order chi connectivity index (χ1) is 11.6. The van der Waals surface area contributed by atoms with Crippen LogP contribution in [0.15, 0.2) is 28.8 Å². The van der Waals surface area contributed by atoms with E-state index < -0.39 is 5.92 Å². The normalized spacial score (nSPS) is 17.8. The van der Waals surface area contributed by atoms with E-state index in [4.69, 9.17) is 4.52 Å². The Morgan fingerprint density at radius 3 is 2.75 bits per heavy atom. The molecule has 1 aliphatic heterocycles. The van der Waals surface area contributed by atoms with Crippen LogP contribution in [-0.4, -0.2) is 26.9 Å². The number of aryl methyl sites for hydroxylation is 1. The van der Waals surface area contributed by atoms with Gasteiger partial charge in [0.25, 0.3) is 0 Å². The first kappa shape index (κ1) is 16.3. The molecule has 0 bridgehead atoms. The van der Waals surface area contributed by atoms with Crippen molar-refractivity contribution in [2.75, 3.05) is 0 Å². The highest BCUT2D eigenvalue weighted by Crippen LogP contribution is 2.25. The number of imide groups is 1. The van der Waals surface area contributed by atoms with E-state index in [9.17, 15) is 14.0 Å². The number of hydrogen-bond acceptors (Lipinski definition) is 5. The molecule has 0 spiro atoms. The third-order valence-electron chi connectivity index (χ3n) is 4.01. The van der Waals surface area contributed by atoms with Gasteiger partial charge in [-0.25, -0.2) is 4.39 Å². The van der Waals surface area contributed by atoms with Gasteiger partial charge in [-0.1, -0.05) is 24.2 Å². The molecule has 1 aromatic heterocycles. The fourth-order valence-electron chi connectivity index (χ4n) is 2.79. The van der Waals surface area contributed by atoms with E-state index in [1.807, 2.05) is 6.92 Å². The van der Waals surface area contributed by atoms with Crippen molar-refractivity contribution in [2.45, 2.75) is 39.2 Å². The van der Waals surface area contributed by atoms with E-state index in [1.165, 1.54) is 17.0 Å². The van der Waals surface area contributed by atoms with Gasteiger partial charge in [0.05, 0.1) is 12.5 Å². The number of benzene rings is 1. The molecule has 1 aromatic carbocycles. The maximum Gasteiger partial charge on any atom is 0.233 e. The molecule has 0 N–H and O–H groups in total. The van der Waals surface area contributed by atoms with Gasteiger partial charge in [-0.2, -0.15) is 4.98 Å². The largest absolute Gasteiger partial charge is 0.339 e. The average molecular weight is 331 g/mol. The lowest BCUT2D eigenvalue weighted by molar-refractivity contribution is -0.140. The first-order valence-corrected chi connectivity index (χ1v) is 7.97. The second-order valence-corrected chi connectivity index (χ2v) is 5.90. The molecular weight excluding hydrogens is 313 g/mol. The third kappa shape index (κ3) is 3.50. The third-order valence-corrected chi connectivity index (χ3v) is 4.01. The van der Waals surface area contributed by atoms with Crippen LogP contribution in [0.3, 0.4) is 0 Å². The maximum atomic E-state index is 12.9. The summed E-state index contributed by atoms with van der Waals surface area (Å²) in [6, 6.07) is 5.96. The van der Waals surface area contributed by atoms with Gasteiger partial charge in [-0.05, 0) is 30.5 Å². The van der Waals surface area contributed by atoms with Crippen molar-refractivity contribution in [3.63, 3.8) is 0 Å². The number of aromatic nitrogens is 2. The number of halogens is 1. The van der Waals surface area contributed by atoms with Crippen LogP contribution in [0.1, 0.15) is 37.0 Å². The summed E-state index contributed by atoms with van der Waals surface area (Å²) in [5, 5.41) is 3.81. The zero-order chi connectivity index (χ0) is 17.1. The molecule has 2 amide bonds. The van der Waals surface area contributed by atoms with Crippen LogP contribution < -0.4 is 0 Å². The molecule has 1 atom stereocenters. The Hall–Kier alpha value is -2.57. The fraction of sp³-hybridized carbons (Fsp3) is 0.412. The standard InChI is InChI=1S/C17H18FN3O3/c1-2-3-15-19-14(20-24-15)10-21-16(22)9-12(17(21)23)8-11-4-6-13(18)7-5-11/h4-7,12H,2-3,8-10H2,1H3/t12-/m0/s1. The van der Waals surface area contributed by atoms with E-state index in [1.54, 1.807) is 12.1 Å². The van der Waals surface area contributed by atoms with Gasteiger partial charge in [-0.3, -0.25) is 14.5 Å². The van der Waals surface area contributed by atoms with E-state index in [0.29, 0.717) is 24.6 Å². The lowest BCUT2D eigenvalue weighted by Gasteiger charge is -2.12. The molecule has 6 nitrogen and oxygen atoms in total. The van der Waals surface area contributed by atoms with Crippen molar-refractivity contribution in [3.8, 4) is 0 Å². The molecule has 0 radical (unpaired) electrons. The molecule has 7 heteroatoms. The molecule has 1 aliphatic rings. The molecule has 3 rings (SSSR count). The summed E-state index contributed by atoms with van der Waals surface area (Å²) in [7, 11) is 0. The lowest BCUT2D eigenvalue weighted by atomic mass is 9.98. The number of amides is 2. The molecular formula is C17H18FN3O3. The Balaban J connectivity index is 1.65. The number of carbonyl (C=O) groups is 2. The van der Waals surface area contributed by atoms with E-state index >= 15 is 0 Å². The summed E-state index contributed by atoms with van der Waals surface area (Å²) in [4.78, 5) is 30.0. The SMILES string of the molecule is CCCc1nc(CN2C(=O)C[C@H](Cc3ccc(F)cc3)C2=O)no1. The summed E-state index contributed by atoms with van der Waals surface area (Å²) in [6.07, 6.45) is 2.11. The smallest absolute Gasteiger partial charge is 0.233 e. The molecule has 1 saturated heterocycles. The summed E-state index contributed by atoms with van der Waals surface area (Å²) >= 11 is 0. The number of carbonyl (C=O) groups excluding carboxylic acids is 2. The summed E-state index contributed by atoms with van der Waals surface area (Å²) in [5.41, 5.74) is 0.828. The van der Waals surface area contributed by atoms with Gasteiger partial charge in [0, 0.05) is 12.8 Å². The predicted octanol–water partition coefficient (Wildman–Crippen LogP) is 2.28. The van der Waals surface area contributed by atoms with Crippen molar-refractivity contribution in [2.24, 2.45) is 5.92 Å². The van der Waals surface area contributed by atoms with Gasteiger partial charge in [0.15, 0.2) is 5.82 Å². The van der Waals surface area contributed by atoms with E-state index in [-0.39, 0.29) is 30.6 Å². The zero-order valence-corrected chi connectivity index (χ0v) is 13.4. The van der Waals surface area contributed by atoms with E-state index in [2.05, 4.69) is 10.1 Å². The molecule has 0 unspecified atom stereocenters. The summed E-state index contributed by atoms with van der Waals surface area (Å²) in [5.74, 6) is -0.392. The second-order valence-electron chi connectivity index (χ2n) is 5.90. The van der Waals surface area contributed by atoms with Crippen LogP contribution in [0.25, 0.3) is 0 Å². The Kier molecular flexibility index (Phi) is 4.69. The number of nitrogens with zero attached hydrogens (tertiary/aromatic N) is 3. The van der Waals surface area contributed by atoms with Gasteiger partial charge < -0.3 is 4.52 Å². The molecule has 24 heavy (non-hydrogen) atoms. The van der Waals surface area contributed by atoms with E-state index in [0.717, 1.165) is 12.0 Å². The molecule has 2 aromatic rings. The van der Waals surface area contributed by atoms with Crippen LogP contribution in [0.5, 0.6) is 0 Å². The minimum Gasteiger partial charge on any atom is -0.339 e. The van der Waals surface area contributed by atoms with Crippen molar-refractivity contribution >= 4 is 11.8 Å². The van der Waals surface area contributed by atoms with Gasteiger partial charge in [-0.15, -0.1) is 0 Å². The average Bonchev–Trinajstić information content (AvgIpc) is 3.10. The van der Waals surface area contributed by atoms with Crippen molar-refractivity contribution in [3.05, 3.63) is 47.4 Å². The first-order valence-electron chi connectivity index (χ1n) is 7.97. The number of rotatable bonds is 6. The van der Waals surface area contributed by atoms with Crippen LogP contribution in [0, 0.1) is 11.7 Å². The summed E-state index contributed by atoms with van der Waals surface area (Å²) < 4.78 is 18.0. The molecule has 2 heterocycles. The highest BCUT2D eigenvalue weighted by Gasteiger charge is 2.39. The minimum atomic E-state index is -0.426. The van der Waals surface area contributed by atoms with Crippen LogP contribution in [0.2, 0.25) is 0 Å². The van der Waals surface area contributed by atoms with Gasteiger partial charge >= 0.3 is 0 Å². The van der Waals surface area contributed by atoms with Gasteiger partial charge in [0.1, 0.15) is 5.82 Å². The minimum absolute atomic E-state index is 0.0325. The monoisotopic (exact) mass is 331 g/mol. The molecule has 1 fully saturated rings. The Morgan fingerprint density at radius 1 is 1.29 bits per heavy atom. The van der Waals surface area contributed by atoms with Gasteiger partial charge in [0.2, 0.25) is 17.7 Å². The number of hydrogen-bond donors (Lipinski definition) is 0. The predicted molar refractivity (Wildman–Crippen MR) is 82.1 cm³/mol. The van der Waals surface area contributed by atoms with Crippen molar-refractivity contribution in [1.82, 2.24) is 15.0 Å². The quantitative estimate of drug-likeness (QED) is 0.759. The summed E-state index contributed by atoms with van der Waals surface area (Å²) in [6.45, 7) is 2.03. The molecule has 126 valence electrons. The van der Waals surface area contributed by atoms with Crippen LogP contribution in [-0.2, 0) is 29.0 Å². The van der Waals surface area contributed by atoms with Crippen molar-refractivity contribution in [1.29, 1.82) is 0 Å². The number of likely N-dealkylation sites (tertiary alicyclic amines) is 1. The highest BCUT2D eigenvalue weighted by atomic mass is 19.1. The topological polar surface area (TPSA) is 76.3 Å². The van der Waals surface area contributed by atoms with Crippen LogP contribution >= 0.6 is 0 Å². The van der Waals surface area contributed by atoms with Crippen molar-refractivity contribution < 1.29 is 18.5 Å². The molecule has 0 saturated carbocycles.